The molecule has 0 heterocycles. The van der Waals surface area contributed by atoms with Gasteiger partial charge in [0.05, 0.1) is 6.61 Å². The van der Waals surface area contributed by atoms with Crippen molar-refractivity contribution >= 4 is 11.6 Å². The second-order valence-electron chi connectivity index (χ2n) is 5.39. The second kappa shape index (κ2) is 7.29. The van der Waals surface area contributed by atoms with E-state index in [0.29, 0.717) is 18.9 Å². The van der Waals surface area contributed by atoms with Crippen molar-refractivity contribution in [1.29, 1.82) is 0 Å². The van der Waals surface area contributed by atoms with E-state index in [-0.39, 0.29) is 5.91 Å². The van der Waals surface area contributed by atoms with Crippen molar-refractivity contribution in [3.8, 4) is 0 Å². The highest BCUT2D eigenvalue weighted by molar-refractivity contribution is 5.90. The molecular weight excluding hydrogens is 238 g/mol. The highest BCUT2D eigenvalue weighted by Gasteiger charge is 2.16. The van der Waals surface area contributed by atoms with Crippen LogP contribution >= 0.6 is 0 Å². The highest BCUT2D eigenvalue weighted by atomic mass is 16.5. The van der Waals surface area contributed by atoms with Crippen LogP contribution < -0.4 is 5.32 Å². The number of anilines is 1. The van der Waals surface area contributed by atoms with E-state index in [9.17, 15) is 4.79 Å². The Bertz CT molecular complexity index is 394. The summed E-state index contributed by atoms with van der Waals surface area (Å²) in [5.41, 5.74) is 1.99. The molecule has 19 heavy (non-hydrogen) atoms. The fraction of sp³-hybridized carbons (Fsp3) is 0.562. The smallest absolute Gasteiger partial charge is 0.224 e. The van der Waals surface area contributed by atoms with Gasteiger partial charge in [0.15, 0.2) is 0 Å². The van der Waals surface area contributed by atoms with Gasteiger partial charge in [0, 0.05) is 19.2 Å². The van der Waals surface area contributed by atoms with Crippen LogP contribution in [0.2, 0.25) is 0 Å². The molecule has 0 aromatic heterocycles. The molecule has 3 heteroatoms. The van der Waals surface area contributed by atoms with Crippen LogP contribution in [0.25, 0.3) is 0 Å². The molecule has 1 saturated carbocycles. The molecule has 0 spiro atoms. The van der Waals surface area contributed by atoms with Gasteiger partial charge in [-0.25, -0.2) is 0 Å². The van der Waals surface area contributed by atoms with Crippen LogP contribution in [0.1, 0.15) is 44.1 Å². The lowest BCUT2D eigenvalue weighted by Gasteiger charge is -2.20. The normalized spacial score (nSPS) is 16.3. The van der Waals surface area contributed by atoms with Gasteiger partial charge in [0.2, 0.25) is 5.91 Å². The number of ether oxygens (including phenoxy) is 1. The Labute approximate surface area is 115 Å². The number of amides is 1. The van der Waals surface area contributed by atoms with Crippen LogP contribution in [0.4, 0.5) is 5.69 Å². The zero-order valence-corrected chi connectivity index (χ0v) is 11.7. The van der Waals surface area contributed by atoms with Crippen molar-refractivity contribution in [2.24, 2.45) is 5.92 Å². The van der Waals surface area contributed by atoms with Crippen LogP contribution in [0.3, 0.4) is 0 Å². The van der Waals surface area contributed by atoms with Gasteiger partial charge in [0.25, 0.3) is 0 Å². The summed E-state index contributed by atoms with van der Waals surface area (Å²) in [6.45, 7) is 0.607. The summed E-state index contributed by atoms with van der Waals surface area (Å²) in [5, 5.41) is 2.98. The first-order chi connectivity index (χ1) is 9.28. The van der Waals surface area contributed by atoms with Gasteiger partial charge in [-0.3, -0.25) is 4.79 Å². The second-order valence-corrected chi connectivity index (χ2v) is 5.39. The molecule has 1 N–H and O–H groups in total. The number of hydrogen-bond acceptors (Lipinski definition) is 2. The van der Waals surface area contributed by atoms with Crippen LogP contribution in [-0.2, 0) is 16.1 Å². The molecular formula is C16H23NO2. The monoisotopic (exact) mass is 261 g/mol. The van der Waals surface area contributed by atoms with Crippen LogP contribution in [0.5, 0.6) is 0 Å². The molecule has 0 saturated heterocycles. The van der Waals surface area contributed by atoms with Crippen molar-refractivity contribution in [3.63, 3.8) is 0 Å². The molecule has 3 nitrogen and oxygen atoms in total. The fourth-order valence-electron chi connectivity index (χ4n) is 2.72. The standard InChI is InChI=1S/C16H23NO2/c1-19-12-14-7-9-15(10-8-14)17-16(18)11-13-5-3-2-4-6-13/h7-10,13H,2-6,11-12H2,1H3,(H,17,18). The zero-order chi connectivity index (χ0) is 13.5. The average Bonchev–Trinajstić information content (AvgIpc) is 2.42. The van der Waals surface area contributed by atoms with E-state index in [2.05, 4.69) is 5.32 Å². The number of hydrogen-bond donors (Lipinski definition) is 1. The Morgan fingerprint density at radius 1 is 1.21 bits per heavy atom. The minimum Gasteiger partial charge on any atom is -0.380 e. The Hall–Kier alpha value is -1.35. The lowest BCUT2D eigenvalue weighted by Crippen LogP contribution is -2.18. The zero-order valence-electron chi connectivity index (χ0n) is 11.7. The predicted molar refractivity (Wildman–Crippen MR) is 77.0 cm³/mol. The first-order valence-electron chi connectivity index (χ1n) is 7.15. The summed E-state index contributed by atoms with van der Waals surface area (Å²) >= 11 is 0. The summed E-state index contributed by atoms with van der Waals surface area (Å²) in [4.78, 5) is 12.0. The predicted octanol–water partition coefficient (Wildman–Crippen LogP) is 3.74. The lowest BCUT2D eigenvalue weighted by molar-refractivity contribution is -0.117. The van der Waals surface area contributed by atoms with E-state index in [0.717, 1.165) is 11.3 Å². The van der Waals surface area contributed by atoms with Gasteiger partial charge in [-0.1, -0.05) is 31.4 Å². The summed E-state index contributed by atoms with van der Waals surface area (Å²) in [5.74, 6) is 0.730. The van der Waals surface area contributed by atoms with Gasteiger partial charge in [0.1, 0.15) is 0 Å². The highest BCUT2D eigenvalue weighted by Crippen LogP contribution is 2.26. The van der Waals surface area contributed by atoms with Gasteiger partial charge < -0.3 is 10.1 Å². The molecule has 0 atom stereocenters. The first kappa shape index (κ1) is 14.1. The fourth-order valence-corrected chi connectivity index (χ4v) is 2.72. The van der Waals surface area contributed by atoms with E-state index in [4.69, 9.17) is 4.74 Å². The lowest BCUT2D eigenvalue weighted by atomic mass is 9.87. The van der Waals surface area contributed by atoms with E-state index >= 15 is 0 Å². The van der Waals surface area contributed by atoms with Gasteiger partial charge in [-0.2, -0.15) is 0 Å². The minimum atomic E-state index is 0.145. The molecule has 1 amide bonds. The number of carbonyl (C=O) groups excluding carboxylic acids is 1. The molecule has 1 fully saturated rings. The van der Waals surface area contributed by atoms with Crippen molar-refractivity contribution in [2.45, 2.75) is 45.1 Å². The van der Waals surface area contributed by atoms with Gasteiger partial charge in [-0.05, 0) is 36.5 Å². The average molecular weight is 261 g/mol. The Morgan fingerprint density at radius 2 is 1.89 bits per heavy atom. The number of carbonyl (C=O) groups is 1. The van der Waals surface area contributed by atoms with Gasteiger partial charge >= 0.3 is 0 Å². The van der Waals surface area contributed by atoms with Crippen molar-refractivity contribution in [3.05, 3.63) is 29.8 Å². The van der Waals surface area contributed by atoms with E-state index in [1.54, 1.807) is 7.11 Å². The number of methoxy groups -OCH3 is 1. The molecule has 1 aliphatic rings. The van der Waals surface area contributed by atoms with Crippen molar-refractivity contribution < 1.29 is 9.53 Å². The number of rotatable bonds is 5. The summed E-state index contributed by atoms with van der Waals surface area (Å²) < 4.78 is 5.06. The molecule has 1 aromatic carbocycles. The SMILES string of the molecule is COCc1ccc(NC(=O)CC2CCCCC2)cc1. The van der Waals surface area contributed by atoms with Crippen LogP contribution in [0, 0.1) is 5.92 Å². The molecule has 104 valence electrons. The molecule has 2 rings (SSSR count). The quantitative estimate of drug-likeness (QED) is 0.876. The third kappa shape index (κ3) is 4.67. The number of benzene rings is 1. The van der Waals surface area contributed by atoms with Crippen LogP contribution in [-0.4, -0.2) is 13.0 Å². The Kier molecular flexibility index (Phi) is 5.40. The topological polar surface area (TPSA) is 38.3 Å². The third-order valence-corrected chi connectivity index (χ3v) is 3.75. The minimum absolute atomic E-state index is 0.145. The summed E-state index contributed by atoms with van der Waals surface area (Å²) in [6.07, 6.45) is 6.98. The van der Waals surface area contributed by atoms with Crippen molar-refractivity contribution in [2.75, 3.05) is 12.4 Å². The molecule has 0 radical (unpaired) electrons. The Balaban J connectivity index is 1.80. The molecule has 0 aliphatic heterocycles. The van der Waals surface area contributed by atoms with E-state index in [1.807, 2.05) is 24.3 Å². The van der Waals surface area contributed by atoms with Gasteiger partial charge in [-0.15, -0.1) is 0 Å². The summed E-state index contributed by atoms with van der Waals surface area (Å²) in [7, 11) is 1.68. The van der Waals surface area contributed by atoms with Crippen LogP contribution in [0.15, 0.2) is 24.3 Å². The maximum atomic E-state index is 12.0. The Morgan fingerprint density at radius 3 is 2.53 bits per heavy atom. The van der Waals surface area contributed by atoms with E-state index in [1.165, 1.54) is 32.1 Å². The first-order valence-corrected chi connectivity index (χ1v) is 7.15. The number of nitrogens with one attached hydrogen (secondary N) is 1. The third-order valence-electron chi connectivity index (χ3n) is 3.75. The van der Waals surface area contributed by atoms with Crippen molar-refractivity contribution in [1.82, 2.24) is 0 Å². The molecule has 1 aromatic rings. The largest absolute Gasteiger partial charge is 0.380 e. The summed E-state index contributed by atoms with van der Waals surface area (Å²) in [6, 6.07) is 7.85. The molecule has 1 aliphatic carbocycles. The van der Waals surface area contributed by atoms with E-state index < -0.39 is 0 Å². The molecule has 0 unspecified atom stereocenters. The maximum absolute atomic E-state index is 12.0. The molecule has 0 bridgehead atoms. The maximum Gasteiger partial charge on any atom is 0.224 e.